The molecule has 6 heteroatoms. The maximum atomic E-state index is 12.2. The molecule has 5 nitrogen and oxygen atoms in total. The lowest BCUT2D eigenvalue weighted by molar-refractivity contribution is 0.0520. The molecule has 0 atom stereocenters. The van der Waals surface area contributed by atoms with E-state index in [2.05, 4.69) is 26.2 Å². The number of aromatic nitrogens is 1. The van der Waals surface area contributed by atoms with Gasteiger partial charge in [0.25, 0.3) is 0 Å². The van der Waals surface area contributed by atoms with Gasteiger partial charge in [-0.05, 0) is 32.9 Å². The number of benzene rings is 1. The maximum absolute atomic E-state index is 12.2. The fourth-order valence-electron chi connectivity index (χ4n) is 1.89. The van der Waals surface area contributed by atoms with Gasteiger partial charge < -0.3 is 15.0 Å². The number of carbonyl (C=O) groups excluding carboxylic acids is 2. The fraction of sp³-hybridized carbons (Fsp3) is 0.333. The molecule has 0 fully saturated rings. The zero-order valence-electron chi connectivity index (χ0n) is 12.1. The van der Waals surface area contributed by atoms with Crippen molar-refractivity contribution in [3.8, 4) is 0 Å². The number of rotatable bonds is 3. The molecule has 1 aromatic heterocycles. The first-order valence-corrected chi connectivity index (χ1v) is 7.32. The SMILES string of the molecule is CC(C)(C)OC(=O)NCC(=O)c1c[nH]c2cc(Br)ccc12. The molecule has 0 saturated carbocycles. The lowest BCUT2D eigenvalue weighted by Crippen LogP contribution is -2.35. The third-order valence-electron chi connectivity index (χ3n) is 2.74. The van der Waals surface area contributed by atoms with Gasteiger partial charge in [0.2, 0.25) is 0 Å². The van der Waals surface area contributed by atoms with Crippen LogP contribution in [-0.2, 0) is 4.74 Å². The van der Waals surface area contributed by atoms with Gasteiger partial charge in [0.05, 0.1) is 6.54 Å². The van der Waals surface area contributed by atoms with Gasteiger partial charge in [-0.2, -0.15) is 0 Å². The predicted octanol–water partition coefficient (Wildman–Crippen LogP) is 3.64. The van der Waals surface area contributed by atoms with E-state index in [1.54, 1.807) is 27.0 Å². The number of ketones is 1. The van der Waals surface area contributed by atoms with Crippen LogP contribution in [0.5, 0.6) is 0 Å². The van der Waals surface area contributed by atoms with Gasteiger partial charge in [0.1, 0.15) is 5.60 Å². The second kappa shape index (κ2) is 5.89. The summed E-state index contributed by atoms with van der Waals surface area (Å²) in [5.74, 6) is -0.172. The molecule has 2 aromatic rings. The molecule has 2 rings (SSSR count). The molecule has 0 radical (unpaired) electrons. The molecule has 1 amide bonds. The number of carbonyl (C=O) groups is 2. The Morgan fingerprint density at radius 3 is 2.71 bits per heavy atom. The quantitative estimate of drug-likeness (QED) is 0.828. The molecule has 21 heavy (non-hydrogen) atoms. The highest BCUT2D eigenvalue weighted by molar-refractivity contribution is 9.10. The van der Waals surface area contributed by atoms with Crippen molar-refractivity contribution >= 4 is 38.7 Å². The molecule has 0 bridgehead atoms. The molecule has 1 aromatic carbocycles. The molecular formula is C15H17BrN2O3. The molecule has 1 heterocycles. The summed E-state index contributed by atoms with van der Waals surface area (Å²) >= 11 is 3.38. The number of Topliss-reactive ketones (excluding diaryl/α,β-unsaturated/α-hetero) is 1. The molecule has 0 spiro atoms. The summed E-state index contributed by atoms with van der Waals surface area (Å²) in [7, 11) is 0. The van der Waals surface area contributed by atoms with Gasteiger partial charge in [-0.1, -0.05) is 22.0 Å². The minimum atomic E-state index is -0.599. The summed E-state index contributed by atoms with van der Waals surface area (Å²) in [5.41, 5.74) is 0.832. The van der Waals surface area contributed by atoms with Crippen molar-refractivity contribution < 1.29 is 14.3 Å². The van der Waals surface area contributed by atoms with E-state index in [0.717, 1.165) is 15.4 Å². The Labute approximate surface area is 131 Å². The molecule has 0 aliphatic heterocycles. The monoisotopic (exact) mass is 352 g/mol. The van der Waals surface area contributed by atoms with Crippen molar-refractivity contribution in [1.82, 2.24) is 10.3 Å². The Bertz CT molecular complexity index is 686. The lowest BCUT2D eigenvalue weighted by atomic mass is 10.1. The normalized spacial score (nSPS) is 11.4. The van der Waals surface area contributed by atoms with Crippen molar-refractivity contribution in [1.29, 1.82) is 0 Å². The first-order chi connectivity index (χ1) is 9.76. The molecule has 0 aliphatic rings. The number of aromatic amines is 1. The van der Waals surface area contributed by atoms with Gasteiger partial charge in [0.15, 0.2) is 5.78 Å². The lowest BCUT2D eigenvalue weighted by Gasteiger charge is -2.19. The summed E-state index contributed by atoms with van der Waals surface area (Å²) in [4.78, 5) is 26.8. The first-order valence-electron chi connectivity index (χ1n) is 6.53. The summed E-state index contributed by atoms with van der Waals surface area (Å²) < 4.78 is 6.03. The summed E-state index contributed by atoms with van der Waals surface area (Å²) in [6.45, 7) is 5.21. The topological polar surface area (TPSA) is 71.2 Å². The van der Waals surface area contributed by atoms with E-state index in [4.69, 9.17) is 4.74 Å². The zero-order chi connectivity index (χ0) is 15.6. The number of H-pyrrole nitrogens is 1. The third kappa shape index (κ3) is 4.07. The van der Waals surface area contributed by atoms with E-state index in [0.29, 0.717) is 5.56 Å². The van der Waals surface area contributed by atoms with Crippen LogP contribution in [0.25, 0.3) is 10.9 Å². The number of hydrogen-bond donors (Lipinski definition) is 2. The van der Waals surface area contributed by atoms with Gasteiger partial charge in [0, 0.05) is 27.1 Å². The van der Waals surface area contributed by atoms with Crippen LogP contribution < -0.4 is 5.32 Å². The van der Waals surface area contributed by atoms with Crippen LogP contribution in [0.1, 0.15) is 31.1 Å². The Balaban J connectivity index is 2.04. The van der Waals surface area contributed by atoms with Gasteiger partial charge in [-0.25, -0.2) is 4.79 Å². The zero-order valence-corrected chi connectivity index (χ0v) is 13.7. The first kappa shape index (κ1) is 15.6. The molecule has 0 saturated heterocycles. The van der Waals surface area contributed by atoms with E-state index >= 15 is 0 Å². The number of alkyl carbamates (subject to hydrolysis) is 1. The predicted molar refractivity (Wildman–Crippen MR) is 84.6 cm³/mol. The van der Waals surface area contributed by atoms with Crippen LogP contribution in [-0.4, -0.2) is 29.0 Å². The van der Waals surface area contributed by atoms with Crippen LogP contribution in [0.2, 0.25) is 0 Å². The van der Waals surface area contributed by atoms with Gasteiger partial charge >= 0.3 is 6.09 Å². The van der Waals surface area contributed by atoms with Crippen molar-refractivity contribution in [2.75, 3.05) is 6.54 Å². The second-order valence-corrected chi connectivity index (χ2v) is 6.59. The van der Waals surface area contributed by atoms with Crippen molar-refractivity contribution in [2.24, 2.45) is 0 Å². The molecule has 112 valence electrons. The molecule has 0 aliphatic carbocycles. The van der Waals surface area contributed by atoms with E-state index in [-0.39, 0.29) is 12.3 Å². The van der Waals surface area contributed by atoms with Crippen LogP contribution in [0.3, 0.4) is 0 Å². The van der Waals surface area contributed by atoms with Crippen LogP contribution in [0, 0.1) is 0 Å². The summed E-state index contributed by atoms with van der Waals surface area (Å²) in [6, 6.07) is 5.62. The Kier molecular flexibility index (Phi) is 4.37. The summed E-state index contributed by atoms with van der Waals surface area (Å²) in [6.07, 6.45) is 1.05. The summed E-state index contributed by atoms with van der Waals surface area (Å²) in [5, 5.41) is 3.30. The number of nitrogens with one attached hydrogen (secondary N) is 2. The average Bonchev–Trinajstić information content (AvgIpc) is 2.76. The number of halogens is 1. The minimum absolute atomic E-state index is 0.0993. The highest BCUT2D eigenvalue weighted by atomic mass is 79.9. The largest absolute Gasteiger partial charge is 0.444 e. The highest BCUT2D eigenvalue weighted by Crippen LogP contribution is 2.22. The van der Waals surface area contributed by atoms with Crippen LogP contribution >= 0.6 is 15.9 Å². The van der Waals surface area contributed by atoms with E-state index in [1.807, 2.05) is 18.2 Å². The van der Waals surface area contributed by atoms with E-state index in [9.17, 15) is 9.59 Å². The smallest absolute Gasteiger partial charge is 0.408 e. The highest BCUT2D eigenvalue weighted by Gasteiger charge is 2.18. The Morgan fingerprint density at radius 2 is 2.05 bits per heavy atom. The minimum Gasteiger partial charge on any atom is -0.444 e. The van der Waals surface area contributed by atoms with Crippen molar-refractivity contribution in [3.63, 3.8) is 0 Å². The second-order valence-electron chi connectivity index (χ2n) is 5.67. The maximum Gasteiger partial charge on any atom is 0.408 e. The molecular weight excluding hydrogens is 336 g/mol. The number of hydrogen-bond acceptors (Lipinski definition) is 3. The molecule has 0 unspecified atom stereocenters. The standard InChI is InChI=1S/C15H17BrN2O3/c1-15(2,3)21-14(20)18-8-13(19)11-7-17-12-6-9(16)4-5-10(11)12/h4-7,17H,8H2,1-3H3,(H,18,20). The fourth-order valence-corrected chi connectivity index (χ4v) is 2.25. The van der Waals surface area contributed by atoms with Gasteiger partial charge in [-0.3, -0.25) is 4.79 Å². The van der Waals surface area contributed by atoms with E-state index in [1.165, 1.54) is 0 Å². The van der Waals surface area contributed by atoms with Crippen LogP contribution in [0.4, 0.5) is 4.79 Å². The number of amides is 1. The van der Waals surface area contributed by atoms with Gasteiger partial charge in [-0.15, -0.1) is 0 Å². The Morgan fingerprint density at radius 1 is 1.33 bits per heavy atom. The van der Waals surface area contributed by atoms with Crippen molar-refractivity contribution in [2.45, 2.75) is 26.4 Å². The third-order valence-corrected chi connectivity index (χ3v) is 3.23. The number of fused-ring (bicyclic) bond motifs is 1. The van der Waals surface area contributed by atoms with E-state index < -0.39 is 11.7 Å². The average molecular weight is 353 g/mol. The number of ether oxygens (including phenoxy) is 1. The van der Waals surface area contributed by atoms with Crippen LogP contribution in [0.15, 0.2) is 28.9 Å². The van der Waals surface area contributed by atoms with Crippen molar-refractivity contribution in [3.05, 3.63) is 34.4 Å². The Hall–Kier alpha value is -1.82. The molecule has 2 N–H and O–H groups in total.